The van der Waals surface area contributed by atoms with Gasteiger partial charge in [-0.25, -0.2) is 5.70 Å². The van der Waals surface area contributed by atoms with Gasteiger partial charge in [0.15, 0.2) is 0 Å². The number of hydrogen-bond acceptors (Lipinski definition) is 5. The minimum absolute atomic E-state index is 0.274. The Hall–Kier alpha value is -3.45. The van der Waals surface area contributed by atoms with Crippen molar-refractivity contribution in [3.05, 3.63) is 87.3 Å². The number of hydrogen-bond donors (Lipinski definition) is 5. The molecule has 2 aromatic rings. The molecule has 0 amide bonds. The number of nitrogens with zero attached hydrogens (tertiary/aromatic N) is 1. The van der Waals surface area contributed by atoms with Crippen molar-refractivity contribution in [3.63, 3.8) is 0 Å². The smallest absolute Gasteiger partial charge is 0.287 e. The first-order valence-electron chi connectivity index (χ1n) is 8.07. The van der Waals surface area contributed by atoms with Crippen LogP contribution in [0.1, 0.15) is 11.4 Å². The van der Waals surface area contributed by atoms with Crippen LogP contribution in [0.15, 0.2) is 58.2 Å². The van der Waals surface area contributed by atoms with Gasteiger partial charge in [0, 0.05) is 0 Å². The molecular formula is C19H14N4O4Zn-2. The molecule has 0 unspecified atom stereocenters. The van der Waals surface area contributed by atoms with Gasteiger partial charge in [-0.15, -0.1) is 0 Å². The summed E-state index contributed by atoms with van der Waals surface area (Å²) in [5, 5.41) is 29.3. The van der Waals surface area contributed by atoms with Gasteiger partial charge in [0.2, 0.25) is 0 Å². The zero-order valence-electron chi connectivity index (χ0n) is 14.5. The van der Waals surface area contributed by atoms with E-state index in [0.717, 1.165) is 34.6 Å². The Morgan fingerprint density at radius 2 is 1.79 bits per heavy atom. The van der Waals surface area contributed by atoms with Crippen LogP contribution in [-0.4, -0.2) is 41.4 Å². The molecule has 1 aliphatic rings. The quantitative estimate of drug-likeness (QED) is 0.211. The maximum absolute atomic E-state index is 12.0. The average molecular weight is 428 g/mol. The van der Waals surface area contributed by atoms with Crippen LogP contribution in [0.25, 0.3) is 17.9 Å². The van der Waals surface area contributed by atoms with E-state index in [1.54, 1.807) is 6.08 Å². The molecule has 0 aromatic carbocycles. The molecule has 138 valence electrons. The third-order valence-corrected chi connectivity index (χ3v) is 4.78. The Balaban J connectivity index is 1.90. The van der Waals surface area contributed by atoms with Crippen LogP contribution in [0.5, 0.6) is 0 Å². The van der Waals surface area contributed by atoms with Crippen molar-refractivity contribution in [2.45, 2.75) is 0 Å². The van der Waals surface area contributed by atoms with E-state index in [1.165, 1.54) is 12.3 Å². The third-order valence-electron chi connectivity index (χ3n) is 3.85. The second-order valence-electron chi connectivity index (χ2n) is 5.81. The summed E-state index contributed by atoms with van der Waals surface area (Å²) in [6.07, 6.45) is 6.07. The van der Waals surface area contributed by atoms with Crippen molar-refractivity contribution in [2.75, 3.05) is 0 Å². The molecule has 6 N–H and O–H groups in total. The molecule has 0 spiro atoms. The summed E-state index contributed by atoms with van der Waals surface area (Å²) in [6.45, 7) is 0. The minimum Gasteiger partial charge on any atom is -0.287 e. The predicted molar refractivity (Wildman–Crippen MR) is 101 cm³/mol. The zero-order valence-corrected chi connectivity index (χ0v) is 17.5. The number of aromatic nitrogens is 2. The molecule has 0 saturated carbocycles. The number of aliphatic hydroxyl groups is 3. The molecule has 1 aliphatic heterocycles. The average Bonchev–Trinajstić information content (AvgIpc) is 3.41. The van der Waals surface area contributed by atoms with Crippen LogP contribution in [-0.2, 0) is 22.6 Å². The first-order chi connectivity index (χ1) is 13.4. The fraction of sp³-hybridized carbons (Fsp3) is 0. The predicted octanol–water partition coefficient (Wildman–Crippen LogP) is 1.14. The summed E-state index contributed by atoms with van der Waals surface area (Å²) in [4.78, 5) is 22.4. The number of H-pyrrole nitrogens is 2. The van der Waals surface area contributed by atoms with E-state index in [9.17, 15) is 15.0 Å². The van der Waals surface area contributed by atoms with Crippen molar-refractivity contribution in [3.8, 4) is 0 Å². The van der Waals surface area contributed by atoms with E-state index in [1.807, 2.05) is 30.3 Å². The van der Waals surface area contributed by atoms with Gasteiger partial charge >= 0.3 is 119 Å². The summed E-state index contributed by atoms with van der Waals surface area (Å²) in [5.41, 5.74) is 8.55. The maximum atomic E-state index is 12.0. The van der Waals surface area contributed by atoms with E-state index in [4.69, 9.17) is 10.8 Å². The second-order valence-corrected chi connectivity index (χ2v) is 6.67. The van der Waals surface area contributed by atoms with Crippen molar-refractivity contribution in [2.24, 2.45) is 4.99 Å². The number of aliphatic imine (C=N–C) groups is 1. The molecule has 2 aromatic heterocycles. The van der Waals surface area contributed by atoms with E-state index in [2.05, 4.69) is 19.6 Å². The molecule has 3 heterocycles. The summed E-state index contributed by atoms with van der Waals surface area (Å²) in [7, 11) is 0. The van der Waals surface area contributed by atoms with Crippen molar-refractivity contribution < 1.29 is 38.0 Å². The zero-order chi connectivity index (χ0) is 20.3. The topological polar surface area (TPSA) is 146 Å². The molecule has 0 bridgehead atoms. The van der Waals surface area contributed by atoms with Crippen molar-refractivity contribution in [1.29, 1.82) is 0 Å². The van der Waals surface area contributed by atoms with Crippen LogP contribution in [0.2, 0.25) is 0 Å². The first kappa shape index (κ1) is 19.3. The number of aliphatic hydroxyl groups excluding tert-OH is 3. The SMILES string of the molecule is [NH-]/C(C(O)=[C-]O)=C(/O)C1=NC(C=c2ccc(=Cc3ccc([CH]=[Zn])[nH]3)[nH]2)=CC1=O. The van der Waals surface area contributed by atoms with Gasteiger partial charge in [-0.05, 0) is 12.0 Å². The second kappa shape index (κ2) is 8.06. The van der Waals surface area contributed by atoms with Gasteiger partial charge in [-0.3, -0.25) is 4.79 Å². The Labute approximate surface area is 168 Å². The van der Waals surface area contributed by atoms with Crippen LogP contribution >= 0.6 is 0 Å². The molecular weight excluding hydrogens is 414 g/mol. The number of nitrogens with one attached hydrogen (secondary N) is 3. The van der Waals surface area contributed by atoms with Gasteiger partial charge in [0.1, 0.15) is 0 Å². The molecule has 0 atom stereocenters. The van der Waals surface area contributed by atoms with E-state index >= 15 is 0 Å². The van der Waals surface area contributed by atoms with Gasteiger partial charge in [0.25, 0.3) is 0 Å². The van der Waals surface area contributed by atoms with Gasteiger partial charge in [-0.1, -0.05) is 0 Å². The van der Waals surface area contributed by atoms with Gasteiger partial charge < -0.3 is 21.1 Å². The molecule has 3 rings (SSSR count). The van der Waals surface area contributed by atoms with E-state index in [0.29, 0.717) is 5.35 Å². The van der Waals surface area contributed by atoms with Crippen LogP contribution in [0.4, 0.5) is 0 Å². The third kappa shape index (κ3) is 4.10. The number of ketones is 1. The molecule has 0 radical (unpaired) electrons. The number of carbonyl (C=O) groups is 1. The minimum atomic E-state index is -0.995. The summed E-state index contributed by atoms with van der Waals surface area (Å²) in [6, 6.07) is 7.66. The standard InChI is InChI=1S/C19H15N4O4.Zn/c1-10-2-3-11(21-10)6-12-4-5-13(22-12)7-14-8-15(25)18(23-14)19(27)17(20)16(26)9-24;/h1-8H,(H7,20,21,22,23,24,25,26,27);/q-1;/p-1. The molecule has 0 saturated heterocycles. The van der Waals surface area contributed by atoms with Crippen LogP contribution in [0, 0.1) is 6.26 Å². The molecule has 0 fully saturated rings. The van der Waals surface area contributed by atoms with Gasteiger partial charge in [-0.2, -0.15) is 0 Å². The first-order valence-corrected chi connectivity index (χ1v) is 9.79. The van der Waals surface area contributed by atoms with E-state index in [-0.39, 0.29) is 5.70 Å². The van der Waals surface area contributed by atoms with Gasteiger partial charge in [0.05, 0.1) is 5.76 Å². The summed E-state index contributed by atoms with van der Waals surface area (Å²) < 4.78 is 2.09. The monoisotopic (exact) mass is 426 g/mol. The Morgan fingerprint density at radius 3 is 2.43 bits per heavy atom. The van der Waals surface area contributed by atoms with Crippen LogP contribution < -0.4 is 10.7 Å². The number of allylic oxidation sites excluding steroid dienone is 3. The molecule has 0 aliphatic carbocycles. The molecule has 28 heavy (non-hydrogen) atoms. The van der Waals surface area contributed by atoms with Crippen LogP contribution in [0.3, 0.4) is 0 Å². The Bertz CT molecular complexity index is 1190. The van der Waals surface area contributed by atoms with Crippen molar-refractivity contribution in [1.82, 2.24) is 9.97 Å². The fourth-order valence-corrected chi connectivity index (χ4v) is 3.01. The number of carbonyl (C=O) groups excluding carboxylic acids is 1. The van der Waals surface area contributed by atoms with Crippen molar-refractivity contribution >= 4 is 28.3 Å². The molecule has 9 heteroatoms. The fourth-order valence-electron chi connectivity index (χ4n) is 2.51. The summed E-state index contributed by atoms with van der Waals surface area (Å²) in [5.74, 6) is -2.46. The normalized spacial score (nSPS) is 16.9. The Morgan fingerprint density at radius 1 is 1.11 bits per heavy atom. The molecule has 8 nitrogen and oxygen atoms in total. The number of aromatic amines is 2. The van der Waals surface area contributed by atoms with E-state index < -0.39 is 28.7 Å². The Kier molecular flexibility index (Phi) is 5.56. The number of rotatable bonds is 5. The summed E-state index contributed by atoms with van der Waals surface area (Å²) >= 11 is 1.07.